The fourth-order valence-corrected chi connectivity index (χ4v) is 4.70. The van der Waals surface area contributed by atoms with Crippen molar-refractivity contribution in [3.05, 3.63) is 35.9 Å². The van der Waals surface area contributed by atoms with Gasteiger partial charge in [0.05, 0.1) is 6.04 Å². The zero-order valence-corrected chi connectivity index (χ0v) is 23.6. The fourth-order valence-electron chi connectivity index (χ4n) is 4.70. The van der Waals surface area contributed by atoms with E-state index in [9.17, 15) is 33.6 Å². The van der Waals surface area contributed by atoms with Crippen LogP contribution >= 0.6 is 0 Å². The summed E-state index contributed by atoms with van der Waals surface area (Å²) in [4.78, 5) is 66.6. The molecule has 6 atom stereocenters. The molecule has 0 bridgehead atoms. The highest BCUT2D eigenvalue weighted by Crippen LogP contribution is 2.23. The first-order valence-corrected chi connectivity index (χ1v) is 13.9. The second-order valence-electron chi connectivity index (χ2n) is 10.3. The van der Waals surface area contributed by atoms with E-state index in [4.69, 9.17) is 0 Å². The number of hydroxylamine groups is 1. The molecule has 5 amide bonds. The van der Waals surface area contributed by atoms with Crippen LogP contribution in [0, 0.1) is 11.8 Å². The number of amides is 5. The largest absolute Gasteiger partial charge is 0.352 e. The lowest BCUT2D eigenvalue weighted by atomic mass is 9.93. The summed E-state index contributed by atoms with van der Waals surface area (Å²) in [7, 11) is 0. The highest BCUT2D eigenvalue weighted by atomic mass is 19.1. The van der Waals surface area contributed by atoms with Crippen LogP contribution < -0.4 is 21.4 Å². The monoisotopic (exact) mass is 563 g/mol. The van der Waals surface area contributed by atoms with Gasteiger partial charge in [-0.15, -0.1) is 0 Å². The van der Waals surface area contributed by atoms with Gasteiger partial charge in [-0.05, 0) is 30.9 Å². The molecule has 11 nitrogen and oxygen atoms in total. The Morgan fingerprint density at radius 1 is 1.07 bits per heavy atom. The predicted octanol–water partition coefficient (Wildman–Crippen LogP) is 1.70. The topological polar surface area (TPSA) is 157 Å². The van der Waals surface area contributed by atoms with Crippen molar-refractivity contribution < 1.29 is 33.6 Å². The summed E-state index contributed by atoms with van der Waals surface area (Å²) in [5, 5.41) is 17.3. The number of nitrogens with one attached hydrogen (secondary N) is 4. The van der Waals surface area contributed by atoms with E-state index in [0.717, 1.165) is 4.90 Å². The van der Waals surface area contributed by atoms with E-state index in [1.165, 1.54) is 5.48 Å². The molecular weight excluding hydrogens is 521 g/mol. The Balaban J connectivity index is 2.29. The quantitative estimate of drug-likeness (QED) is 0.170. The molecule has 40 heavy (non-hydrogen) atoms. The molecule has 1 aromatic rings. The van der Waals surface area contributed by atoms with Crippen LogP contribution in [0.5, 0.6) is 0 Å². The van der Waals surface area contributed by atoms with Crippen LogP contribution in [0.25, 0.3) is 0 Å². The number of alkyl halides is 1. The minimum Gasteiger partial charge on any atom is -0.352 e. The van der Waals surface area contributed by atoms with Crippen molar-refractivity contribution in [3.63, 3.8) is 0 Å². The summed E-state index contributed by atoms with van der Waals surface area (Å²) in [6.07, 6.45) is 0.139. The van der Waals surface area contributed by atoms with Gasteiger partial charge in [0.1, 0.15) is 18.3 Å². The number of benzene rings is 1. The van der Waals surface area contributed by atoms with E-state index in [1.807, 2.05) is 6.92 Å². The summed E-state index contributed by atoms with van der Waals surface area (Å²) in [5.41, 5.74) is 1.93. The third-order valence-corrected chi connectivity index (χ3v) is 7.22. The average molecular weight is 564 g/mol. The molecule has 12 heteroatoms. The van der Waals surface area contributed by atoms with Crippen LogP contribution in [0.2, 0.25) is 0 Å². The molecule has 0 saturated carbocycles. The normalized spacial score (nSPS) is 19.6. The van der Waals surface area contributed by atoms with Crippen LogP contribution in [-0.4, -0.2) is 77.0 Å². The van der Waals surface area contributed by atoms with E-state index in [2.05, 4.69) is 16.0 Å². The van der Waals surface area contributed by atoms with Crippen molar-refractivity contribution in [3.8, 4) is 0 Å². The molecule has 2 unspecified atom stereocenters. The van der Waals surface area contributed by atoms with Crippen molar-refractivity contribution in [1.29, 1.82) is 0 Å². The molecule has 1 aliphatic heterocycles. The minimum atomic E-state index is -1.28. The number of halogens is 1. The SMILES string of the molecule is CCCC(C)C(=O)N(C(=O)[C@@H]1C[C@@H](F)CN1)[C@H](C(=O)N[C@@H](CCNC(=O)c1ccccc1)C(=O)NO)C(C)CC. The van der Waals surface area contributed by atoms with Crippen LogP contribution in [-0.2, 0) is 19.2 Å². The van der Waals surface area contributed by atoms with Crippen LogP contribution in [0.1, 0.15) is 70.2 Å². The molecule has 222 valence electrons. The second-order valence-corrected chi connectivity index (χ2v) is 10.3. The molecule has 0 spiro atoms. The Bertz CT molecular complexity index is 1030. The van der Waals surface area contributed by atoms with Gasteiger partial charge in [-0.3, -0.25) is 34.1 Å². The highest BCUT2D eigenvalue weighted by Gasteiger charge is 2.44. The highest BCUT2D eigenvalue weighted by molar-refractivity contribution is 6.03. The summed E-state index contributed by atoms with van der Waals surface area (Å²) >= 11 is 0. The number of hydrogen-bond donors (Lipinski definition) is 5. The van der Waals surface area contributed by atoms with E-state index in [1.54, 1.807) is 51.1 Å². The summed E-state index contributed by atoms with van der Waals surface area (Å²) in [6, 6.07) is 4.90. The first-order valence-electron chi connectivity index (χ1n) is 13.9. The molecular formula is C28H42FN5O6. The van der Waals surface area contributed by atoms with Crippen molar-refractivity contribution in [1.82, 2.24) is 26.3 Å². The summed E-state index contributed by atoms with van der Waals surface area (Å²) < 4.78 is 14.0. The van der Waals surface area contributed by atoms with Gasteiger partial charge in [-0.1, -0.05) is 58.7 Å². The Hall–Kier alpha value is -3.38. The van der Waals surface area contributed by atoms with Gasteiger partial charge in [-0.2, -0.15) is 0 Å². The first kappa shape index (κ1) is 32.8. The molecule has 1 aliphatic rings. The Morgan fingerprint density at radius 3 is 2.30 bits per heavy atom. The molecule has 0 aliphatic carbocycles. The Kier molecular flexibility index (Phi) is 13.1. The molecule has 2 rings (SSSR count). The lowest BCUT2D eigenvalue weighted by Gasteiger charge is -2.36. The van der Waals surface area contributed by atoms with Gasteiger partial charge < -0.3 is 16.0 Å². The van der Waals surface area contributed by atoms with Crippen molar-refractivity contribution in [2.75, 3.05) is 13.1 Å². The number of carbonyl (C=O) groups is 5. The van der Waals surface area contributed by atoms with Gasteiger partial charge in [-0.25, -0.2) is 9.87 Å². The van der Waals surface area contributed by atoms with E-state index in [0.29, 0.717) is 24.8 Å². The second kappa shape index (κ2) is 16.0. The summed E-state index contributed by atoms with van der Waals surface area (Å²) in [5.74, 6) is -4.37. The van der Waals surface area contributed by atoms with Gasteiger partial charge in [0.25, 0.3) is 11.8 Å². The molecule has 0 aromatic heterocycles. The number of nitrogens with zero attached hydrogens (tertiary/aromatic N) is 1. The average Bonchev–Trinajstić information content (AvgIpc) is 3.40. The maximum absolute atomic E-state index is 14.0. The standard InChI is InChI=1S/C28H42FN5O6/c1-5-10-18(4)27(38)34(28(39)22-15-20(29)16-31-22)23(17(3)6-2)26(37)32-21(25(36)33-40)13-14-30-24(35)19-11-8-7-9-12-19/h7-9,11-12,17-18,20-23,31,40H,5-6,10,13-16H2,1-4H3,(H,30,35)(H,32,37)(H,33,36)/t17?,18?,20-,21+,22+,23+/m1/s1. The smallest absolute Gasteiger partial charge is 0.265 e. The number of rotatable bonds is 14. The van der Waals surface area contributed by atoms with Crippen molar-refractivity contribution >= 4 is 29.5 Å². The van der Waals surface area contributed by atoms with Crippen molar-refractivity contribution in [2.45, 2.75) is 84.1 Å². The third kappa shape index (κ3) is 8.82. The van der Waals surface area contributed by atoms with Crippen molar-refractivity contribution in [2.24, 2.45) is 11.8 Å². The maximum Gasteiger partial charge on any atom is 0.265 e. The Labute approximate surface area is 234 Å². The molecule has 1 aromatic carbocycles. The van der Waals surface area contributed by atoms with Gasteiger partial charge >= 0.3 is 0 Å². The van der Waals surface area contributed by atoms with E-state index >= 15 is 0 Å². The maximum atomic E-state index is 14.0. The number of imide groups is 1. The predicted molar refractivity (Wildman–Crippen MR) is 146 cm³/mol. The third-order valence-electron chi connectivity index (χ3n) is 7.22. The number of hydrogen-bond acceptors (Lipinski definition) is 7. The minimum absolute atomic E-state index is 0.0148. The zero-order chi connectivity index (χ0) is 29.8. The number of carbonyl (C=O) groups excluding carboxylic acids is 5. The van der Waals surface area contributed by atoms with Gasteiger partial charge in [0, 0.05) is 31.0 Å². The van der Waals surface area contributed by atoms with Crippen LogP contribution in [0.4, 0.5) is 4.39 Å². The molecule has 5 N–H and O–H groups in total. The Morgan fingerprint density at radius 2 is 1.75 bits per heavy atom. The van der Waals surface area contributed by atoms with Gasteiger partial charge in [0.15, 0.2) is 0 Å². The molecule has 1 heterocycles. The van der Waals surface area contributed by atoms with E-state index < -0.39 is 59.8 Å². The first-order chi connectivity index (χ1) is 19.0. The van der Waals surface area contributed by atoms with E-state index in [-0.39, 0.29) is 31.8 Å². The van der Waals surface area contributed by atoms with Gasteiger partial charge in [0.2, 0.25) is 17.7 Å². The lowest BCUT2D eigenvalue weighted by molar-refractivity contribution is -0.157. The lowest BCUT2D eigenvalue weighted by Crippen LogP contribution is -2.61. The zero-order valence-electron chi connectivity index (χ0n) is 23.6. The molecule has 1 saturated heterocycles. The summed E-state index contributed by atoms with van der Waals surface area (Å²) in [6.45, 7) is 7.04. The molecule has 0 radical (unpaired) electrons. The molecule has 1 fully saturated rings. The van der Waals surface area contributed by atoms with Crippen LogP contribution in [0.15, 0.2) is 30.3 Å². The fraction of sp³-hybridized carbons (Fsp3) is 0.607. The van der Waals surface area contributed by atoms with Crippen LogP contribution in [0.3, 0.4) is 0 Å².